The Morgan fingerprint density at radius 3 is 2.83 bits per heavy atom. The molecular weight excluding hydrogens is 172 g/mol. The lowest BCUT2D eigenvalue weighted by Crippen LogP contribution is -1.91. The molecule has 1 rings (SSSR count). The third-order valence-electron chi connectivity index (χ3n) is 1.48. The van der Waals surface area contributed by atoms with Crippen molar-refractivity contribution in [2.75, 3.05) is 12.9 Å². The maximum Gasteiger partial charge on any atom is 0.171 e. The van der Waals surface area contributed by atoms with Crippen LogP contribution in [0.3, 0.4) is 0 Å². The van der Waals surface area contributed by atoms with Gasteiger partial charge in [0.15, 0.2) is 11.5 Å². The van der Waals surface area contributed by atoms with Crippen LogP contribution in [0.1, 0.15) is 6.92 Å². The van der Waals surface area contributed by atoms with Crippen LogP contribution in [0.2, 0.25) is 0 Å². The van der Waals surface area contributed by atoms with Crippen molar-refractivity contribution >= 4 is 11.8 Å². The Hall–Kier alpha value is -0.830. The molecule has 0 atom stereocenters. The van der Waals surface area contributed by atoms with E-state index in [9.17, 15) is 5.11 Å². The molecule has 0 spiro atoms. The highest BCUT2D eigenvalue weighted by molar-refractivity contribution is 7.98. The molecule has 12 heavy (non-hydrogen) atoms. The number of aromatic hydroxyl groups is 1. The van der Waals surface area contributed by atoms with Crippen molar-refractivity contribution in [1.29, 1.82) is 0 Å². The van der Waals surface area contributed by atoms with Crippen LogP contribution in [-0.2, 0) is 0 Å². The highest BCUT2D eigenvalue weighted by atomic mass is 32.2. The van der Waals surface area contributed by atoms with E-state index in [1.54, 1.807) is 6.07 Å². The summed E-state index contributed by atoms with van der Waals surface area (Å²) in [6.07, 6.45) is 1.92. The van der Waals surface area contributed by atoms with Gasteiger partial charge in [-0.3, -0.25) is 0 Å². The lowest BCUT2D eigenvalue weighted by Gasteiger charge is -2.07. The summed E-state index contributed by atoms with van der Waals surface area (Å²) in [4.78, 5) is 0.848. The third kappa shape index (κ3) is 1.85. The summed E-state index contributed by atoms with van der Waals surface area (Å²) in [5.41, 5.74) is 0. The van der Waals surface area contributed by atoms with Crippen molar-refractivity contribution in [3.63, 3.8) is 0 Å². The number of hydrogen-bond acceptors (Lipinski definition) is 3. The summed E-state index contributed by atoms with van der Waals surface area (Å²) in [6.45, 7) is 2.47. The van der Waals surface area contributed by atoms with Crippen LogP contribution in [0, 0.1) is 0 Å². The Morgan fingerprint density at radius 1 is 1.50 bits per heavy atom. The zero-order valence-corrected chi connectivity index (χ0v) is 8.02. The van der Waals surface area contributed by atoms with Crippen molar-refractivity contribution in [3.8, 4) is 11.5 Å². The number of ether oxygens (including phenoxy) is 1. The Bertz CT molecular complexity index is 261. The molecule has 1 N–H and O–H groups in total. The van der Waals surface area contributed by atoms with Crippen molar-refractivity contribution in [1.82, 2.24) is 0 Å². The number of benzene rings is 1. The number of hydrogen-bond donors (Lipinski definition) is 1. The van der Waals surface area contributed by atoms with E-state index < -0.39 is 0 Å². The molecule has 0 aromatic heterocycles. The first-order valence-electron chi connectivity index (χ1n) is 3.78. The lowest BCUT2D eigenvalue weighted by molar-refractivity contribution is 0.315. The van der Waals surface area contributed by atoms with E-state index in [4.69, 9.17) is 4.74 Å². The summed E-state index contributed by atoms with van der Waals surface area (Å²) in [5.74, 6) is 0.802. The summed E-state index contributed by atoms with van der Waals surface area (Å²) >= 11 is 1.51. The molecular formula is C9H12O2S. The number of thioether (sulfide) groups is 1. The monoisotopic (exact) mass is 184 g/mol. The van der Waals surface area contributed by atoms with Crippen LogP contribution in [0.4, 0.5) is 0 Å². The minimum Gasteiger partial charge on any atom is -0.503 e. The summed E-state index contributed by atoms with van der Waals surface area (Å²) in [6, 6.07) is 5.50. The molecule has 0 aliphatic heterocycles. The predicted octanol–water partition coefficient (Wildman–Crippen LogP) is 2.51. The molecule has 0 saturated heterocycles. The summed E-state index contributed by atoms with van der Waals surface area (Å²) in [5, 5.41) is 9.57. The van der Waals surface area contributed by atoms with E-state index in [0.717, 1.165) is 4.90 Å². The standard InChI is InChI=1S/C9H12O2S/c1-3-11-7-5-4-6-8(12-2)9(7)10/h4-6,10H,3H2,1-2H3. The normalized spacial score (nSPS) is 9.83. The Kier molecular flexibility index (Phi) is 3.29. The SMILES string of the molecule is CCOc1cccc(SC)c1O. The molecule has 0 amide bonds. The van der Waals surface area contributed by atoms with Crippen LogP contribution in [0.25, 0.3) is 0 Å². The van der Waals surface area contributed by atoms with E-state index in [0.29, 0.717) is 12.4 Å². The quantitative estimate of drug-likeness (QED) is 0.732. The van der Waals surface area contributed by atoms with Gasteiger partial charge in [0.2, 0.25) is 0 Å². The van der Waals surface area contributed by atoms with Crippen molar-refractivity contribution in [3.05, 3.63) is 18.2 Å². The molecule has 0 aliphatic rings. The minimum atomic E-state index is 0.242. The maximum absolute atomic E-state index is 9.57. The van der Waals surface area contributed by atoms with Gasteiger partial charge in [-0.1, -0.05) is 6.07 Å². The fourth-order valence-corrected chi connectivity index (χ4v) is 1.45. The second-order valence-electron chi connectivity index (χ2n) is 2.24. The smallest absolute Gasteiger partial charge is 0.171 e. The molecule has 0 heterocycles. The minimum absolute atomic E-state index is 0.242. The zero-order valence-electron chi connectivity index (χ0n) is 7.20. The van der Waals surface area contributed by atoms with Gasteiger partial charge in [0, 0.05) is 0 Å². The topological polar surface area (TPSA) is 29.5 Å². The van der Waals surface area contributed by atoms with Crippen LogP contribution in [0.5, 0.6) is 11.5 Å². The van der Waals surface area contributed by atoms with Gasteiger partial charge in [-0.15, -0.1) is 11.8 Å². The first-order valence-corrected chi connectivity index (χ1v) is 5.00. The molecule has 0 fully saturated rings. The number of rotatable bonds is 3. The largest absolute Gasteiger partial charge is 0.503 e. The first-order chi connectivity index (χ1) is 5.79. The molecule has 1 aromatic rings. The average Bonchev–Trinajstić information content (AvgIpc) is 2.09. The van der Waals surface area contributed by atoms with Crippen molar-refractivity contribution in [2.45, 2.75) is 11.8 Å². The predicted molar refractivity (Wildman–Crippen MR) is 51.1 cm³/mol. The summed E-state index contributed by atoms with van der Waals surface area (Å²) < 4.78 is 5.22. The summed E-state index contributed by atoms with van der Waals surface area (Å²) in [7, 11) is 0. The van der Waals surface area contributed by atoms with E-state index in [1.165, 1.54) is 11.8 Å². The van der Waals surface area contributed by atoms with Crippen LogP contribution >= 0.6 is 11.8 Å². The highest BCUT2D eigenvalue weighted by Gasteiger charge is 2.05. The highest BCUT2D eigenvalue weighted by Crippen LogP contribution is 2.34. The molecule has 0 aliphatic carbocycles. The molecule has 2 nitrogen and oxygen atoms in total. The van der Waals surface area contributed by atoms with E-state index in [1.807, 2.05) is 25.3 Å². The Balaban J connectivity index is 2.97. The first kappa shape index (κ1) is 9.26. The van der Waals surface area contributed by atoms with Crippen molar-refractivity contribution in [2.24, 2.45) is 0 Å². The number of para-hydroxylation sites is 1. The molecule has 0 radical (unpaired) electrons. The van der Waals surface area contributed by atoms with Gasteiger partial charge < -0.3 is 9.84 Å². The Labute approximate surface area is 76.6 Å². The molecule has 0 unspecified atom stereocenters. The number of phenolic OH excluding ortho intramolecular Hbond substituents is 1. The van der Waals surface area contributed by atoms with Gasteiger partial charge in [0.05, 0.1) is 11.5 Å². The van der Waals surface area contributed by atoms with Crippen LogP contribution < -0.4 is 4.74 Å². The van der Waals surface area contributed by atoms with Crippen LogP contribution in [-0.4, -0.2) is 18.0 Å². The zero-order chi connectivity index (χ0) is 8.97. The van der Waals surface area contributed by atoms with E-state index >= 15 is 0 Å². The van der Waals surface area contributed by atoms with E-state index in [2.05, 4.69) is 0 Å². The average molecular weight is 184 g/mol. The third-order valence-corrected chi connectivity index (χ3v) is 2.25. The van der Waals surface area contributed by atoms with Gasteiger partial charge in [-0.05, 0) is 25.3 Å². The van der Waals surface area contributed by atoms with Gasteiger partial charge in [-0.2, -0.15) is 0 Å². The fourth-order valence-electron chi connectivity index (χ4n) is 0.939. The Morgan fingerprint density at radius 2 is 2.25 bits per heavy atom. The van der Waals surface area contributed by atoms with Crippen LogP contribution in [0.15, 0.2) is 23.1 Å². The molecule has 66 valence electrons. The molecule has 0 saturated carbocycles. The second-order valence-corrected chi connectivity index (χ2v) is 3.09. The second kappa shape index (κ2) is 4.26. The maximum atomic E-state index is 9.57. The van der Waals surface area contributed by atoms with Gasteiger partial charge in [0.1, 0.15) is 0 Å². The molecule has 0 bridgehead atoms. The van der Waals surface area contributed by atoms with Gasteiger partial charge >= 0.3 is 0 Å². The molecule has 1 aromatic carbocycles. The van der Waals surface area contributed by atoms with Crippen molar-refractivity contribution < 1.29 is 9.84 Å². The fraction of sp³-hybridized carbons (Fsp3) is 0.333. The number of phenols is 1. The van der Waals surface area contributed by atoms with E-state index in [-0.39, 0.29) is 5.75 Å². The lowest BCUT2D eigenvalue weighted by atomic mass is 10.3. The van der Waals surface area contributed by atoms with Gasteiger partial charge in [-0.25, -0.2) is 0 Å². The van der Waals surface area contributed by atoms with Gasteiger partial charge in [0.25, 0.3) is 0 Å². The molecule has 3 heteroatoms.